The summed E-state index contributed by atoms with van der Waals surface area (Å²) in [5, 5.41) is 9.65. The monoisotopic (exact) mass is 231 g/mol. The predicted molar refractivity (Wildman–Crippen MR) is 59.8 cm³/mol. The highest BCUT2D eigenvalue weighted by Gasteiger charge is 2.11. The van der Waals surface area contributed by atoms with E-state index in [1.165, 1.54) is 6.20 Å². The molecule has 0 spiro atoms. The van der Waals surface area contributed by atoms with Crippen LogP contribution in [0.2, 0.25) is 5.02 Å². The molecule has 0 amide bonds. The molecular formula is C8H14ClN5O. The minimum atomic E-state index is -0.463. The fraction of sp³-hybridized carbons (Fsp3) is 0.500. The van der Waals surface area contributed by atoms with Crippen LogP contribution in [0.5, 0.6) is 0 Å². The van der Waals surface area contributed by atoms with Gasteiger partial charge in [0.15, 0.2) is 5.82 Å². The summed E-state index contributed by atoms with van der Waals surface area (Å²) in [5.41, 5.74) is 2.33. The van der Waals surface area contributed by atoms with Crippen LogP contribution in [0.4, 0.5) is 11.8 Å². The number of rotatable bonds is 4. The van der Waals surface area contributed by atoms with Crippen molar-refractivity contribution >= 4 is 23.4 Å². The molecule has 0 saturated heterocycles. The zero-order chi connectivity index (χ0) is 11.4. The van der Waals surface area contributed by atoms with Crippen LogP contribution in [-0.2, 0) is 0 Å². The number of hydrogen-bond donors (Lipinski definition) is 3. The van der Waals surface area contributed by atoms with Crippen molar-refractivity contribution in [3.63, 3.8) is 0 Å². The summed E-state index contributed by atoms with van der Waals surface area (Å²) >= 11 is 5.91. The van der Waals surface area contributed by atoms with Crippen molar-refractivity contribution in [2.24, 2.45) is 5.84 Å². The Morgan fingerprint density at radius 3 is 2.93 bits per heavy atom. The normalized spacial score (nSPS) is 12.3. The lowest BCUT2D eigenvalue weighted by molar-refractivity contribution is 0.201. The Kier molecular flexibility index (Phi) is 4.07. The maximum Gasteiger partial charge on any atom is 0.239 e. The Bertz CT molecular complexity index is 333. The molecule has 15 heavy (non-hydrogen) atoms. The minimum absolute atomic E-state index is 0.284. The largest absolute Gasteiger partial charge is 0.392 e. The summed E-state index contributed by atoms with van der Waals surface area (Å²) in [7, 11) is 1.78. The molecule has 1 unspecified atom stereocenters. The van der Waals surface area contributed by atoms with E-state index < -0.39 is 6.10 Å². The number of hydrazine groups is 1. The third-order valence-corrected chi connectivity index (χ3v) is 2.02. The first-order valence-corrected chi connectivity index (χ1v) is 4.80. The topological polar surface area (TPSA) is 87.3 Å². The summed E-state index contributed by atoms with van der Waals surface area (Å²) in [5.74, 6) is 6.00. The van der Waals surface area contributed by atoms with E-state index in [9.17, 15) is 5.11 Å². The number of hydrogen-bond acceptors (Lipinski definition) is 6. The van der Waals surface area contributed by atoms with Gasteiger partial charge in [0.25, 0.3) is 0 Å². The molecule has 0 radical (unpaired) electrons. The first-order chi connectivity index (χ1) is 7.04. The van der Waals surface area contributed by atoms with Crippen LogP contribution in [-0.4, -0.2) is 34.8 Å². The fourth-order valence-corrected chi connectivity index (χ4v) is 1.41. The Balaban J connectivity index is 2.91. The van der Waals surface area contributed by atoms with E-state index in [0.717, 1.165) is 0 Å². The van der Waals surface area contributed by atoms with E-state index in [-0.39, 0.29) is 5.95 Å². The number of likely N-dealkylation sites (N-methyl/N-ethyl adjacent to an activating group) is 1. The van der Waals surface area contributed by atoms with Crippen molar-refractivity contribution in [3.8, 4) is 0 Å². The average molecular weight is 232 g/mol. The number of nitrogen functional groups attached to an aromatic ring is 1. The summed E-state index contributed by atoms with van der Waals surface area (Å²) in [6, 6.07) is 0. The summed E-state index contributed by atoms with van der Waals surface area (Å²) in [6.07, 6.45) is 0.993. The van der Waals surface area contributed by atoms with E-state index in [4.69, 9.17) is 17.4 Å². The molecule has 4 N–H and O–H groups in total. The highest BCUT2D eigenvalue weighted by Crippen LogP contribution is 2.22. The van der Waals surface area contributed by atoms with Gasteiger partial charge in [-0.05, 0) is 6.92 Å². The molecule has 0 saturated carbocycles. The lowest BCUT2D eigenvalue weighted by Crippen LogP contribution is -2.28. The molecule has 6 nitrogen and oxygen atoms in total. The third kappa shape index (κ3) is 3.19. The van der Waals surface area contributed by atoms with Crippen LogP contribution in [0, 0.1) is 0 Å². The van der Waals surface area contributed by atoms with Crippen LogP contribution in [0.3, 0.4) is 0 Å². The van der Waals surface area contributed by atoms with Crippen LogP contribution in [0.25, 0.3) is 0 Å². The molecule has 1 heterocycles. The number of aliphatic hydroxyl groups excluding tert-OH is 1. The molecule has 0 bridgehead atoms. The van der Waals surface area contributed by atoms with Gasteiger partial charge in [-0.2, -0.15) is 4.98 Å². The average Bonchev–Trinajstić information content (AvgIpc) is 2.17. The second kappa shape index (κ2) is 5.11. The van der Waals surface area contributed by atoms with Crippen LogP contribution in [0.1, 0.15) is 6.92 Å². The quantitative estimate of drug-likeness (QED) is 0.508. The lowest BCUT2D eigenvalue weighted by Gasteiger charge is -2.20. The van der Waals surface area contributed by atoms with Gasteiger partial charge in [-0.15, -0.1) is 0 Å². The van der Waals surface area contributed by atoms with Crippen molar-refractivity contribution < 1.29 is 5.11 Å². The maximum absolute atomic E-state index is 9.23. The Labute approximate surface area is 93.0 Å². The van der Waals surface area contributed by atoms with Crippen molar-refractivity contribution in [1.82, 2.24) is 9.97 Å². The molecule has 7 heteroatoms. The van der Waals surface area contributed by atoms with Gasteiger partial charge in [-0.3, -0.25) is 5.43 Å². The van der Waals surface area contributed by atoms with Gasteiger partial charge in [0.2, 0.25) is 5.95 Å². The highest BCUT2D eigenvalue weighted by atomic mass is 35.5. The van der Waals surface area contributed by atoms with Gasteiger partial charge in [0.05, 0.1) is 12.3 Å². The number of aromatic nitrogens is 2. The molecule has 0 fully saturated rings. The number of nitrogens with two attached hydrogens (primary N) is 1. The van der Waals surface area contributed by atoms with Crippen molar-refractivity contribution in [3.05, 3.63) is 11.2 Å². The minimum Gasteiger partial charge on any atom is -0.392 e. The van der Waals surface area contributed by atoms with Crippen LogP contribution < -0.4 is 16.2 Å². The van der Waals surface area contributed by atoms with E-state index in [1.54, 1.807) is 18.9 Å². The second-order valence-corrected chi connectivity index (χ2v) is 3.65. The Morgan fingerprint density at radius 2 is 2.40 bits per heavy atom. The molecular weight excluding hydrogens is 218 g/mol. The molecule has 0 aliphatic carbocycles. The van der Waals surface area contributed by atoms with Gasteiger partial charge in [-0.25, -0.2) is 10.8 Å². The van der Waals surface area contributed by atoms with Gasteiger partial charge < -0.3 is 10.0 Å². The second-order valence-electron chi connectivity index (χ2n) is 3.24. The van der Waals surface area contributed by atoms with E-state index in [0.29, 0.717) is 17.4 Å². The van der Waals surface area contributed by atoms with Gasteiger partial charge in [0.1, 0.15) is 5.02 Å². The molecule has 1 atom stereocenters. The van der Waals surface area contributed by atoms with Crippen LogP contribution in [0.15, 0.2) is 6.20 Å². The predicted octanol–water partition coefficient (Wildman–Crippen LogP) is 0.233. The third-order valence-electron chi connectivity index (χ3n) is 1.75. The maximum atomic E-state index is 9.23. The number of nitrogens with zero attached hydrogens (tertiary/aromatic N) is 3. The van der Waals surface area contributed by atoms with Gasteiger partial charge >= 0.3 is 0 Å². The van der Waals surface area contributed by atoms with Crippen LogP contribution >= 0.6 is 11.6 Å². The van der Waals surface area contributed by atoms with E-state index >= 15 is 0 Å². The number of nitrogens with one attached hydrogen (secondary N) is 1. The summed E-state index contributed by atoms with van der Waals surface area (Å²) in [4.78, 5) is 9.66. The van der Waals surface area contributed by atoms with Crippen molar-refractivity contribution in [2.75, 3.05) is 23.9 Å². The van der Waals surface area contributed by atoms with Crippen molar-refractivity contribution in [2.45, 2.75) is 13.0 Å². The lowest BCUT2D eigenvalue weighted by atomic mass is 10.3. The first kappa shape index (κ1) is 12.0. The summed E-state index contributed by atoms with van der Waals surface area (Å²) in [6.45, 7) is 2.12. The number of halogens is 1. The van der Waals surface area contributed by atoms with Gasteiger partial charge in [0, 0.05) is 13.6 Å². The van der Waals surface area contributed by atoms with Crippen molar-refractivity contribution in [1.29, 1.82) is 0 Å². The Hall–Kier alpha value is -1.11. The molecule has 1 rings (SSSR count). The number of anilines is 2. The highest BCUT2D eigenvalue weighted by molar-refractivity contribution is 6.32. The molecule has 0 aromatic carbocycles. The smallest absolute Gasteiger partial charge is 0.239 e. The Morgan fingerprint density at radius 1 is 1.73 bits per heavy atom. The molecule has 1 aromatic rings. The molecule has 0 aliphatic rings. The molecule has 0 aliphatic heterocycles. The number of aliphatic hydroxyl groups is 1. The fourth-order valence-electron chi connectivity index (χ4n) is 1.18. The molecule has 84 valence electrons. The first-order valence-electron chi connectivity index (χ1n) is 4.43. The van der Waals surface area contributed by atoms with Gasteiger partial charge in [-0.1, -0.05) is 11.6 Å². The zero-order valence-electron chi connectivity index (χ0n) is 8.61. The standard InChI is InChI=1S/C8H14ClN5O/c1-5(15)4-14(2)7-6(9)3-11-8(12-7)13-10/h3,5,15H,4,10H2,1-2H3,(H,11,12,13). The van der Waals surface area contributed by atoms with E-state index in [2.05, 4.69) is 15.4 Å². The zero-order valence-corrected chi connectivity index (χ0v) is 9.36. The van der Waals surface area contributed by atoms with E-state index in [1.807, 2.05) is 0 Å². The molecule has 1 aromatic heterocycles. The summed E-state index contributed by atoms with van der Waals surface area (Å²) < 4.78 is 0. The SMILES string of the molecule is CC(O)CN(C)c1nc(NN)ncc1Cl.